The molecule has 0 atom stereocenters. The minimum atomic E-state index is -0.534. The van der Waals surface area contributed by atoms with Crippen LogP contribution in [0.5, 0.6) is 0 Å². The highest BCUT2D eigenvalue weighted by Gasteiger charge is 2.54. The van der Waals surface area contributed by atoms with E-state index in [1.54, 1.807) is 17.2 Å². The Hall–Kier alpha value is -2.38. The van der Waals surface area contributed by atoms with Crippen molar-refractivity contribution in [3.8, 4) is 0 Å². The van der Waals surface area contributed by atoms with Crippen molar-refractivity contribution in [2.45, 2.75) is 44.8 Å². The van der Waals surface area contributed by atoms with Crippen molar-refractivity contribution in [1.82, 2.24) is 9.88 Å². The summed E-state index contributed by atoms with van der Waals surface area (Å²) in [6, 6.07) is 1.66. The minimum Gasteiger partial charge on any atom is -0.444 e. The lowest BCUT2D eigenvalue weighted by atomic mass is 10.1. The van der Waals surface area contributed by atoms with E-state index in [1.807, 2.05) is 25.7 Å². The number of amides is 1. The predicted molar refractivity (Wildman–Crippen MR) is 88.0 cm³/mol. The largest absolute Gasteiger partial charge is 0.444 e. The summed E-state index contributed by atoms with van der Waals surface area (Å²) in [6.45, 7) is 7.15. The Morgan fingerprint density at radius 3 is 2.67 bits per heavy atom. The first-order valence-corrected chi connectivity index (χ1v) is 8.06. The van der Waals surface area contributed by atoms with E-state index in [2.05, 4.69) is 4.98 Å². The van der Waals surface area contributed by atoms with Crippen LogP contribution in [0.25, 0.3) is 0 Å². The molecule has 8 nitrogen and oxygen atoms in total. The van der Waals surface area contributed by atoms with Gasteiger partial charge in [0.1, 0.15) is 17.5 Å². The van der Waals surface area contributed by atoms with Crippen molar-refractivity contribution in [1.29, 1.82) is 0 Å². The average Bonchev–Trinajstić information content (AvgIpc) is 3.24. The minimum absolute atomic E-state index is 0.000909. The summed E-state index contributed by atoms with van der Waals surface area (Å²) in [7, 11) is 0. The van der Waals surface area contributed by atoms with Crippen LogP contribution in [0.1, 0.15) is 33.6 Å². The third-order valence-corrected chi connectivity index (χ3v) is 4.41. The fourth-order valence-electron chi connectivity index (χ4n) is 3.14. The van der Waals surface area contributed by atoms with Crippen LogP contribution in [-0.2, 0) is 4.74 Å². The molecule has 24 heavy (non-hydrogen) atoms. The van der Waals surface area contributed by atoms with Crippen molar-refractivity contribution in [3.05, 3.63) is 28.6 Å². The first-order chi connectivity index (χ1) is 11.2. The van der Waals surface area contributed by atoms with Crippen LogP contribution in [-0.4, -0.2) is 51.7 Å². The molecule has 0 aromatic carbocycles. The molecule has 1 saturated carbocycles. The maximum Gasteiger partial charge on any atom is 0.410 e. The molecule has 1 aromatic heterocycles. The number of anilines is 1. The molecule has 1 saturated heterocycles. The molecule has 1 amide bonds. The van der Waals surface area contributed by atoms with Gasteiger partial charge in [0.05, 0.1) is 10.5 Å². The van der Waals surface area contributed by atoms with E-state index in [1.165, 1.54) is 6.20 Å². The van der Waals surface area contributed by atoms with E-state index in [9.17, 15) is 14.9 Å². The average molecular weight is 334 g/mol. The zero-order valence-electron chi connectivity index (χ0n) is 14.2. The SMILES string of the molecule is CC(C)(C)OC(=O)N1CCN(c2ccncc2[N+](=O)[O-])CC12CC2. The van der Waals surface area contributed by atoms with Gasteiger partial charge < -0.3 is 9.64 Å². The van der Waals surface area contributed by atoms with Crippen LogP contribution in [0.4, 0.5) is 16.2 Å². The van der Waals surface area contributed by atoms with Gasteiger partial charge in [-0.3, -0.25) is 20.0 Å². The Morgan fingerprint density at radius 1 is 1.38 bits per heavy atom. The summed E-state index contributed by atoms with van der Waals surface area (Å²) in [4.78, 5) is 30.9. The molecule has 0 unspecified atom stereocenters. The van der Waals surface area contributed by atoms with Gasteiger partial charge in [0.25, 0.3) is 0 Å². The van der Waals surface area contributed by atoms with Crippen LogP contribution < -0.4 is 4.90 Å². The van der Waals surface area contributed by atoms with Crippen molar-refractivity contribution < 1.29 is 14.5 Å². The zero-order chi connectivity index (χ0) is 17.5. The number of nitrogens with zero attached hydrogens (tertiary/aromatic N) is 4. The number of carbonyl (C=O) groups excluding carboxylic acids is 1. The molecule has 0 N–H and O–H groups in total. The number of ether oxygens (including phenoxy) is 1. The van der Waals surface area contributed by atoms with Crippen molar-refractivity contribution >= 4 is 17.5 Å². The van der Waals surface area contributed by atoms with Crippen LogP contribution in [0.15, 0.2) is 18.5 Å². The molecule has 0 bridgehead atoms. The Balaban J connectivity index is 1.78. The molecule has 2 heterocycles. The Labute approximate surface area is 140 Å². The normalized spacial score (nSPS) is 19.3. The van der Waals surface area contributed by atoms with Crippen molar-refractivity contribution in [2.75, 3.05) is 24.5 Å². The van der Waals surface area contributed by atoms with E-state index < -0.39 is 10.5 Å². The van der Waals surface area contributed by atoms with Gasteiger partial charge in [-0.05, 0) is 39.7 Å². The van der Waals surface area contributed by atoms with Gasteiger partial charge in [-0.1, -0.05) is 0 Å². The topological polar surface area (TPSA) is 88.8 Å². The highest BCUT2D eigenvalue weighted by molar-refractivity contribution is 5.71. The van der Waals surface area contributed by atoms with Gasteiger partial charge in [0.15, 0.2) is 0 Å². The van der Waals surface area contributed by atoms with Gasteiger partial charge >= 0.3 is 11.8 Å². The maximum atomic E-state index is 12.5. The zero-order valence-corrected chi connectivity index (χ0v) is 14.2. The highest BCUT2D eigenvalue weighted by Crippen LogP contribution is 2.46. The van der Waals surface area contributed by atoms with Gasteiger partial charge in [-0.15, -0.1) is 0 Å². The van der Waals surface area contributed by atoms with Gasteiger partial charge in [-0.25, -0.2) is 4.79 Å². The Bertz CT molecular complexity index is 666. The Morgan fingerprint density at radius 2 is 2.08 bits per heavy atom. The van der Waals surface area contributed by atoms with Crippen LogP contribution in [0.3, 0.4) is 0 Å². The second-order valence-corrected chi connectivity index (χ2v) is 7.40. The van der Waals surface area contributed by atoms with E-state index >= 15 is 0 Å². The van der Waals surface area contributed by atoms with Crippen molar-refractivity contribution in [2.24, 2.45) is 0 Å². The van der Waals surface area contributed by atoms with E-state index in [0.717, 1.165) is 12.8 Å². The first kappa shape index (κ1) is 16.5. The molecule has 8 heteroatoms. The fraction of sp³-hybridized carbons (Fsp3) is 0.625. The smallest absolute Gasteiger partial charge is 0.410 e. The lowest BCUT2D eigenvalue weighted by Gasteiger charge is -2.43. The summed E-state index contributed by atoms with van der Waals surface area (Å²) in [6.07, 6.45) is 4.31. The van der Waals surface area contributed by atoms with E-state index in [4.69, 9.17) is 4.74 Å². The second kappa shape index (κ2) is 5.61. The molecule has 1 aromatic rings. The third kappa shape index (κ3) is 3.13. The highest BCUT2D eigenvalue weighted by atomic mass is 16.6. The van der Waals surface area contributed by atoms with E-state index in [-0.39, 0.29) is 17.3 Å². The molecule has 0 radical (unpaired) electrons. The van der Waals surface area contributed by atoms with Crippen LogP contribution in [0, 0.1) is 10.1 Å². The molecule has 3 rings (SSSR count). The summed E-state index contributed by atoms with van der Waals surface area (Å²) in [5, 5.41) is 11.2. The van der Waals surface area contributed by atoms with Gasteiger partial charge in [-0.2, -0.15) is 0 Å². The van der Waals surface area contributed by atoms with Crippen LogP contribution in [0.2, 0.25) is 0 Å². The second-order valence-electron chi connectivity index (χ2n) is 7.40. The lowest BCUT2D eigenvalue weighted by Crippen LogP contribution is -2.58. The molecule has 2 aliphatic rings. The summed E-state index contributed by atoms with van der Waals surface area (Å²) in [5.41, 5.74) is -0.240. The van der Waals surface area contributed by atoms with Gasteiger partial charge in [0.2, 0.25) is 0 Å². The molecule has 1 aliphatic carbocycles. The third-order valence-electron chi connectivity index (χ3n) is 4.41. The maximum absolute atomic E-state index is 12.5. The fourth-order valence-corrected chi connectivity index (χ4v) is 3.14. The number of hydrogen-bond acceptors (Lipinski definition) is 6. The molecular formula is C16H22N4O4. The van der Waals surface area contributed by atoms with Gasteiger partial charge in [0, 0.05) is 25.8 Å². The van der Waals surface area contributed by atoms with Crippen LogP contribution >= 0.6 is 0 Å². The monoisotopic (exact) mass is 334 g/mol. The Kier molecular flexibility index (Phi) is 3.85. The number of pyridine rings is 1. The first-order valence-electron chi connectivity index (χ1n) is 8.06. The predicted octanol–water partition coefficient (Wildman–Crippen LogP) is 2.58. The molecule has 1 spiro atoms. The standard InChI is InChI=1S/C16H22N4O4/c1-15(2,3)24-14(21)19-9-8-18(11-16(19)5-6-16)12-4-7-17-10-13(12)20(22)23/h4,7,10H,5-6,8-9,11H2,1-3H3. The van der Waals surface area contributed by atoms with E-state index in [0.29, 0.717) is 25.3 Å². The molecule has 130 valence electrons. The number of piperazine rings is 1. The number of hydrogen-bond donors (Lipinski definition) is 0. The molecule has 1 aliphatic heterocycles. The molecule has 2 fully saturated rings. The summed E-state index contributed by atoms with van der Waals surface area (Å²) < 4.78 is 5.51. The summed E-state index contributed by atoms with van der Waals surface area (Å²) in [5.74, 6) is 0. The number of rotatable bonds is 2. The number of aromatic nitrogens is 1. The quantitative estimate of drug-likeness (QED) is 0.610. The number of carbonyl (C=O) groups is 1. The lowest BCUT2D eigenvalue weighted by molar-refractivity contribution is -0.384. The van der Waals surface area contributed by atoms with Crippen molar-refractivity contribution in [3.63, 3.8) is 0 Å². The number of nitro groups is 1. The molecular weight excluding hydrogens is 312 g/mol. The summed E-state index contributed by atoms with van der Waals surface area (Å²) >= 11 is 0.